The Hall–Kier alpha value is -0.910. The number of halogens is 1. The lowest BCUT2D eigenvalue weighted by atomic mass is 9.68. The SMILES string of the molecule is O=C1N2CCCc3cc(Br)cc(c32)C12CCC1(CC2)OCCO1. The number of hydrogen-bond acceptors (Lipinski definition) is 3. The number of fused-ring (bicyclic) bond motifs is 1. The molecule has 1 saturated heterocycles. The Morgan fingerprint density at radius 2 is 1.83 bits per heavy atom. The first-order valence-electron chi connectivity index (χ1n) is 8.56. The maximum absolute atomic E-state index is 13.3. The van der Waals surface area contributed by atoms with Gasteiger partial charge in [-0.25, -0.2) is 0 Å². The van der Waals surface area contributed by atoms with Crippen molar-refractivity contribution in [1.82, 2.24) is 0 Å². The van der Waals surface area contributed by atoms with Crippen LogP contribution in [0.25, 0.3) is 0 Å². The molecule has 0 unspecified atom stereocenters. The highest BCUT2D eigenvalue weighted by molar-refractivity contribution is 9.10. The molecule has 3 heterocycles. The fourth-order valence-corrected chi connectivity index (χ4v) is 5.48. The molecule has 0 aromatic heterocycles. The van der Waals surface area contributed by atoms with Gasteiger partial charge in [-0.1, -0.05) is 15.9 Å². The van der Waals surface area contributed by atoms with Crippen LogP contribution in [0.3, 0.4) is 0 Å². The van der Waals surface area contributed by atoms with Gasteiger partial charge in [-0.05, 0) is 48.9 Å². The van der Waals surface area contributed by atoms with Crippen LogP contribution in [0, 0.1) is 0 Å². The van der Waals surface area contributed by atoms with E-state index >= 15 is 0 Å². The summed E-state index contributed by atoms with van der Waals surface area (Å²) in [6, 6.07) is 4.36. The molecular weight excluding hydrogens is 358 g/mol. The standard InChI is InChI=1S/C18H20BrNO3/c19-13-10-12-2-1-7-20-15(12)14(11-13)17(16(20)21)3-5-18(6-4-17)22-8-9-23-18/h10-11H,1-9H2. The molecule has 0 bridgehead atoms. The Morgan fingerprint density at radius 3 is 2.57 bits per heavy atom. The molecule has 1 aromatic carbocycles. The van der Waals surface area contributed by atoms with Gasteiger partial charge in [0.15, 0.2) is 5.79 Å². The third-order valence-electron chi connectivity index (χ3n) is 6.10. The summed E-state index contributed by atoms with van der Waals surface area (Å²) in [6.45, 7) is 2.22. The zero-order valence-corrected chi connectivity index (χ0v) is 14.7. The minimum atomic E-state index is -0.422. The summed E-state index contributed by atoms with van der Waals surface area (Å²) in [6.07, 6.45) is 5.40. The van der Waals surface area contributed by atoms with E-state index < -0.39 is 5.79 Å². The van der Waals surface area contributed by atoms with Gasteiger partial charge < -0.3 is 14.4 Å². The van der Waals surface area contributed by atoms with Crippen molar-refractivity contribution in [3.05, 3.63) is 27.7 Å². The van der Waals surface area contributed by atoms with Crippen LogP contribution in [-0.4, -0.2) is 31.5 Å². The second-order valence-corrected chi connectivity index (χ2v) is 8.13. The van der Waals surface area contributed by atoms with Gasteiger partial charge in [-0.3, -0.25) is 4.79 Å². The molecule has 1 aliphatic carbocycles. The molecule has 2 fully saturated rings. The first-order valence-corrected chi connectivity index (χ1v) is 9.36. The van der Waals surface area contributed by atoms with Gasteiger partial charge >= 0.3 is 0 Å². The number of aryl methyl sites for hydroxylation is 1. The fourth-order valence-electron chi connectivity index (χ4n) is 4.97. The van der Waals surface area contributed by atoms with E-state index in [1.165, 1.54) is 16.8 Å². The number of anilines is 1. The molecule has 1 saturated carbocycles. The molecule has 2 spiro atoms. The van der Waals surface area contributed by atoms with Crippen molar-refractivity contribution in [2.45, 2.75) is 49.7 Å². The summed E-state index contributed by atoms with van der Waals surface area (Å²) in [4.78, 5) is 15.4. The van der Waals surface area contributed by atoms with Crippen molar-refractivity contribution in [3.63, 3.8) is 0 Å². The Labute approximate surface area is 144 Å². The summed E-state index contributed by atoms with van der Waals surface area (Å²) in [5.74, 6) is -0.117. The van der Waals surface area contributed by atoms with Crippen molar-refractivity contribution >= 4 is 27.5 Å². The summed E-state index contributed by atoms with van der Waals surface area (Å²) < 4.78 is 12.8. The average molecular weight is 378 g/mol. The molecule has 122 valence electrons. The van der Waals surface area contributed by atoms with Crippen molar-refractivity contribution in [2.75, 3.05) is 24.7 Å². The van der Waals surface area contributed by atoms with Gasteiger partial charge in [-0.15, -0.1) is 0 Å². The molecule has 23 heavy (non-hydrogen) atoms. The van der Waals surface area contributed by atoms with Crippen molar-refractivity contribution in [1.29, 1.82) is 0 Å². The molecule has 1 aromatic rings. The zero-order chi connectivity index (χ0) is 15.7. The van der Waals surface area contributed by atoms with Crippen LogP contribution in [0.15, 0.2) is 16.6 Å². The lowest BCUT2D eigenvalue weighted by Gasteiger charge is -2.40. The molecule has 5 heteroatoms. The van der Waals surface area contributed by atoms with E-state index in [4.69, 9.17) is 9.47 Å². The van der Waals surface area contributed by atoms with Crippen LogP contribution >= 0.6 is 15.9 Å². The van der Waals surface area contributed by atoms with E-state index in [2.05, 4.69) is 33.0 Å². The molecule has 4 nitrogen and oxygen atoms in total. The van der Waals surface area contributed by atoms with Crippen LogP contribution in [0.4, 0.5) is 5.69 Å². The van der Waals surface area contributed by atoms with Gasteiger partial charge in [0.2, 0.25) is 5.91 Å². The maximum atomic E-state index is 13.3. The highest BCUT2D eigenvalue weighted by Crippen LogP contribution is 2.55. The van der Waals surface area contributed by atoms with Crippen LogP contribution in [0.5, 0.6) is 0 Å². The normalized spacial score (nSPS) is 27.0. The quantitative estimate of drug-likeness (QED) is 0.696. The predicted molar refractivity (Wildman–Crippen MR) is 89.6 cm³/mol. The molecule has 1 amide bonds. The average Bonchev–Trinajstić information content (AvgIpc) is 3.10. The highest BCUT2D eigenvalue weighted by atomic mass is 79.9. The second kappa shape index (κ2) is 4.80. The minimum Gasteiger partial charge on any atom is -0.348 e. The molecule has 5 rings (SSSR count). The van der Waals surface area contributed by atoms with Gasteiger partial charge in [0.05, 0.1) is 24.3 Å². The van der Waals surface area contributed by atoms with Gasteiger partial charge in [0, 0.05) is 23.9 Å². The summed E-state index contributed by atoms with van der Waals surface area (Å²) in [5, 5.41) is 0. The van der Waals surface area contributed by atoms with Gasteiger partial charge in [0.25, 0.3) is 0 Å². The Kier molecular flexibility index (Phi) is 3.02. The number of amides is 1. The Balaban J connectivity index is 1.59. The number of carbonyl (C=O) groups excluding carboxylic acids is 1. The smallest absolute Gasteiger partial charge is 0.237 e. The lowest BCUT2D eigenvalue weighted by molar-refractivity contribution is -0.185. The van der Waals surface area contributed by atoms with Crippen LogP contribution in [0.1, 0.15) is 43.2 Å². The zero-order valence-electron chi connectivity index (χ0n) is 13.1. The number of rotatable bonds is 0. The molecule has 0 N–H and O–H groups in total. The van der Waals surface area contributed by atoms with Crippen LogP contribution < -0.4 is 4.90 Å². The Morgan fingerprint density at radius 1 is 1.09 bits per heavy atom. The van der Waals surface area contributed by atoms with E-state index in [9.17, 15) is 4.79 Å². The van der Waals surface area contributed by atoms with Crippen molar-refractivity contribution in [2.24, 2.45) is 0 Å². The van der Waals surface area contributed by atoms with Crippen molar-refractivity contribution < 1.29 is 14.3 Å². The first kappa shape index (κ1) is 14.4. The molecular formula is C18H20BrNO3. The van der Waals surface area contributed by atoms with E-state index in [1.807, 2.05) is 0 Å². The highest BCUT2D eigenvalue weighted by Gasteiger charge is 2.57. The maximum Gasteiger partial charge on any atom is 0.237 e. The molecule has 4 aliphatic rings. The number of ether oxygens (including phenoxy) is 2. The van der Waals surface area contributed by atoms with Crippen molar-refractivity contribution in [3.8, 4) is 0 Å². The topological polar surface area (TPSA) is 38.8 Å². The number of carbonyl (C=O) groups is 1. The molecule has 0 radical (unpaired) electrons. The third-order valence-corrected chi connectivity index (χ3v) is 6.56. The van der Waals surface area contributed by atoms with E-state index in [0.29, 0.717) is 19.1 Å². The van der Waals surface area contributed by atoms with Gasteiger partial charge in [-0.2, -0.15) is 0 Å². The first-order chi connectivity index (χ1) is 11.1. The number of benzene rings is 1. The molecule has 0 atom stereocenters. The van der Waals surface area contributed by atoms with E-state index in [0.717, 1.165) is 49.5 Å². The van der Waals surface area contributed by atoms with Crippen LogP contribution in [-0.2, 0) is 26.1 Å². The largest absolute Gasteiger partial charge is 0.348 e. The monoisotopic (exact) mass is 377 g/mol. The van der Waals surface area contributed by atoms with Gasteiger partial charge in [0.1, 0.15) is 0 Å². The summed E-state index contributed by atoms with van der Waals surface area (Å²) in [7, 11) is 0. The summed E-state index contributed by atoms with van der Waals surface area (Å²) in [5.41, 5.74) is 3.39. The van der Waals surface area contributed by atoms with Crippen LogP contribution in [0.2, 0.25) is 0 Å². The fraction of sp³-hybridized carbons (Fsp3) is 0.611. The lowest BCUT2D eigenvalue weighted by Crippen LogP contribution is -2.48. The third kappa shape index (κ3) is 1.87. The Bertz CT molecular complexity index is 686. The predicted octanol–water partition coefficient (Wildman–Crippen LogP) is 3.30. The van der Waals surface area contributed by atoms with E-state index in [-0.39, 0.29) is 5.41 Å². The number of nitrogens with zero attached hydrogens (tertiary/aromatic N) is 1. The van der Waals surface area contributed by atoms with E-state index in [1.54, 1.807) is 0 Å². The molecule has 3 aliphatic heterocycles. The summed E-state index contributed by atoms with van der Waals surface area (Å²) >= 11 is 3.65. The second-order valence-electron chi connectivity index (χ2n) is 7.21. The minimum absolute atomic E-state index is 0.305. The number of hydrogen-bond donors (Lipinski definition) is 0.